The van der Waals surface area contributed by atoms with Crippen molar-refractivity contribution in [3.63, 3.8) is 0 Å². The molecule has 1 fully saturated rings. The maximum absolute atomic E-state index is 12.2. The fourth-order valence-corrected chi connectivity index (χ4v) is 4.01. The molecule has 3 aromatic rings. The third-order valence-electron chi connectivity index (χ3n) is 4.98. The van der Waals surface area contributed by atoms with Gasteiger partial charge in [0, 0.05) is 0 Å². The first-order valence-corrected chi connectivity index (χ1v) is 10.9. The molecule has 2 aromatic heterocycles. The third kappa shape index (κ3) is 4.33. The van der Waals surface area contributed by atoms with E-state index in [0.717, 1.165) is 12.1 Å². The molecular formula is C18H17N7O8S. The van der Waals surface area contributed by atoms with E-state index in [2.05, 4.69) is 15.0 Å². The number of nitriles is 1. The number of phenolic OH excluding ortho intramolecular Hbond substituents is 1. The van der Waals surface area contributed by atoms with Crippen molar-refractivity contribution in [2.45, 2.75) is 24.5 Å². The van der Waals surface area contributed by atoms with Gasteiger partial charge in [0.25, 0.3) is 5.91 Å². The lowest BCUT2D eigenvalue weighted by Crippen LogP contribution is -2.37. The Labute approximate surface area is 191 Å². The molecule has 6 N–H and O–H groups in total. The Bertz CT molecular complexity index is 1400. The Morgan fingerprint density at radius 1 is 1.29 bits per heavy atom. The zero-order chi connectivity index (χ0) is 24.6. The highest BCUT2D eigenvalue weighted by Crippen LogP contribution is 2.32. The number of carbonyl (C=O) groups excluding carboxylic acids is 1. The molecule has 15 nitrogen and oxygen atoms in total. The van der Waals surface area contributed by atoms with Crippen LogP contribution in [0.25, 0.3) is 11.2 Å². The largest absolute Gasteiger partial charge is 0.507 e. The van der Waals surface area contributed by atoms with Crippen molar-refractivity contribution in [2.75, 3.05) is 12.3 Å². The second-order valence-electron chi connectivity index (χ2n) is 7.14. The molecular weight excluding hydrogens is 474 g/mol. The minimum atomic E-state index is -4.71. The van der Waals surface area contributed by atoms with E-state index in [1.165, 1.54) is 23.3 Å². The van der Waals surface area contributed by atoms with Crippen LogP contribution in [-0.4, -0.2) is 74.1 Å². The van der Waals surface area contributed by atoms with Gasteiger partial charge in [-0.05, 0) is 18.2 Å². The van der Waals surface area contributed by atoms with Crippen LogP contribution in [0.4, 0.5) is 5.82 Å². The fraction of sp³-hybridized carbons (Fsp3) is 0.278. The summed E-state index contributed by atoms with van der Waals surface area (Å²) in [7, 11) is -4.71. The molecule has 0 aliphatic carbocycles. The van der Waals surface area contributed by atoms with Crippen molar-refractivity contribution >= 4 is 33.2 Å². The van der Waals surface area contributed by atoms with Gasteiger partial charge in [-0.15, -0.1) is 0 Å². The van der Waals surface area contributed by atoms with E-state index in [1.54, 1.807) is 10.8 Å². The highest BCUT2D eigenvalue weighted by molar-refractivity contribution is 7.85. The van der Waals surface area contributed by atoms with Crippen LogP contribution < -0.4 is 10.5 Å². The van der Waals surface area contributed by atoms with Crippen LogP contribution in [0, 0.1) is 11.3 Å². The molecule has 0 unspecified atom stereocenters. The number of nitrogens with two attached hydrogens (primary N) is 1. The van der Waals surface area contributed by atoms with Crippen molar-refractivity contribution in [3.8, 4) is 11.8 Å². The zero-order valence-corrected chi connectivity index (χ0v) is 17.8. The smallest absolute Gasteiger partial charge is 0.362 e. The summed E-state index contributed by atoms with van der Waals surface area (Å²) in [6.07, 6.45) is -3.14. The number of aromatic nitrogens is 4. The lowest BCUT2D eigenvalue weighted by molar-refractivity contribution is -0.0468. The average Bonchev–Trinajstić information content (AvgIpc) is 3.34. The Kier molecular flexibility index (Phi) is 6.03. The highest BCUT2D eigenvalue weighted by atomic mass is 32.2. The first-order chi connectivity index (χ1) is 16.1. The number of phenols is 1. The number of aromatic hydroxyl groups is 1. The number of aliphatic hydroxyl groups excluding tert-OH is 2. The molecule has 16 heteroatoms. The second-order valence-corrected chi connectivity index (χ2v) is 8.49. The van der Waals surface area contributed by atoms with E-state index in [4.69, 9.17) is 19.9 Å². The van der Waals surface area contributed by atoms with Crippen LogP contribution in [-0.2, 0) is 19.2 Å². The van der Waals surface area contributed by atoms with Crippen LogP contribution in [0.5, 0.6) is 5.75 Å². The van der Waals surface area contributed by atoms with E-state index in [0.29, 0.717) is 0 Å². The number of nitrogen functional groups attached to an aromatic ring is 1. The molecule has 34 heavy (non-hydrogen) atoms. The molecule has 4 atom stereocenters. The summed E-state index contributed by atoms with van der Waals surface area (Å²) >= 11 is 0. The number of carbonyl (C=O) groups is 1. The molecule has 1 aliphatic rings. The summed E-state index contributed by atoms with van der Waals surface area (Å²) in [6, 6.07) is 5.02. The minimum Gasteiger partial charge on any atom is -0.507 e. The van der Waals surface area contributed by atoms with Gasteiger partial charge in [0.1, 0.15) is 35.9 Å². The van der Waals surface area contributed by atoms with E-state index in [1.807, 2.05) is 0 Å². The van der Waals surface area contributed by atoms with Crippen LogP contribution in [0.2, 0.25) is 0 Å². The number of aliphatic hydroxyl groups is 2. The normalized spacial score (nSPS) is 22.5. The lowest BCUT2D eigenvalue weighted by Gasteiger charge is -2.16. The van der Waals surface area contributed by atoms with Crippen molar-refractivity contribution in [1.29, 1.82) is 5.26 Å². The van der Waals surface area contributed by atoms with Gasteiger partial charge in [-0.3, -0.25) is 13.5 Å². The predicted octanol–water partition coefficient (Wildman–Crippen LogP) is -1.70. The number of anilines is 1. The molecule has 0 radical (unpaired) electrons. The number of nitrogens with zero attached hydrogens (tertiary/aromatic N) is 5. The molecule has 0 bridgehead atoms. The number of amides is 1. The van der Waals surface area contributed by atoms with Crippen LogP contribution in [0.15, 0.2) is 30.9 Å². The predicted molar refractivity (Wildman–Crippen MR) is 111 cm³/mol. The number of hydrogen-bond donors (Lipinski definition) is 5. The molecule has 1 saturated heterocycles. The summed E-state index contributed by atoms with van der Waals surface area (Å²) in [5.41, 5.74) is 5.84. The molecule has 1 aromatic carbocycles. The first-order valence-electron chi connectivity index (χ1n) is 9.50. The molecule has 0 saturated carbocycles. The van der Waals surface area contributed by atoms with Gasteiger partial charge in [-0.25, -0.2) is 19.7 Å². The van der Waals surface area contributed by atoms with Gasteiger partial charge in [-0.1, -0.05) is 0 Å². The van der Waals surface area contributed by atoms with Gasteiger partial charge >= 0.3 is 10.3 Å². The molecule has 0 spiro atoms. The quantitative estimate of drug-likeness (QED) is 0.259. The summed E-state index contributed by atoms with van der Waals surface area (Å²) in [6.45, 7) is -0.763. The molecule has 1 aliphatic heterocycles. The Morgan fingerprint density at radius 2 is 2.06 bits per heavy atom. The second kappa shape index (κ2) is 8.81. The van der Waals surface area contributed by atoms with Crippen LogP contribution in [0.1, 0.15) is 22.1 Å². The number of imidazole rings is 1. The van der Waals surface area contributed by atoms with Crippen molar-refractivity contribution in [1.82, 2.24) is 24.2 Å². The fourth-order valence-electron chi connectivity index (χ4n) is 3.30. The number of nitrogens with one attached hydrogen (secondary N) is 1. The van der Waals surface area contributed by atoms with Gasteiger partial charge in [0.05, 0.1) is 30.1 Å². The number of ether oxygens (including phenoxy) is 1. The molecule has 178 valence electrons. The minimum absolute atomic E-state index is 0.0634. The van der Waals surface area contributed by atoms with Crippen LogP contribution in [0.3, 0.4) is 0 Å². The van der Waals surface area contributed by atoms with E-state index in [-0.39, 0.29) is 22.5 Å². The third-order valence-corrected chi connectivity index (χ3v) is 5.86. The summed E-state index contributed by atoms with van der Waals surface area (Å²) in [5.74, 6) is -1.73. The zero-order valence-electron chi connectivity index (χ0n) is 17.0. The van der Waals surface area contributed by atoms with Crippen LogP contribution >= 0.6 is 0 Å². The average molecular weight is 491 g/mol. The lowest BCUT2D eigenvalue weighted by atomic mass is 10.1. The van der Waals surface area contributed by atoms with Crippen molar-refractivity contribution in [3.05, 3.63) is 42.0 Å². The van der Waals surface area contributed by atoms with E-state index < -0.39 is 58.7 Å². The van der Waals surface area contributed by atoms with Gasteiger partial charge < -0.3 is 25.8 Å². The van der Waals surface area contributed by atoms with Gasteiger partial charge in [0.2, 0.25) is 0 Å². The standard InChI is InChI=1S/C18H17N7O8S/c19-4-8-1-2-9(10(26)3-8)17(29)24-34(30,31)32-5-11-13(27)14(28)18(33-11)25-7-23-12-15(20)21-6-22-16(12)25/h1-3,6-7,11,13-14,18,26-28H,5H2,(H,24,29)(H2,20,21,22)/t11-,13-,14-,18-/m1/s1. The maximum atomic E-state index is 12.2. The maximum Gasteiger partial charge on any atom is 0.362 e. The summed E-state index contributed by atoms with van der Waals surface area (Å²) in [5, 5.41) is 39.3. The number of hydrogen-bond acceptors (Lipinski definition) is 13. The Hall–Kier alpha value is -3.88. The summed E-state index contributed by atoms with van der Waals surface area (Å²) < 4.78 is 37.5. The summed E-state index contributed by atoms with van der Waals surface area (Å²) in [4.78, 5) is 24.0. The van der Waals surface area contributed by atoms with Crippen molar-refractivity contribution < 1.29 is 37.5 Å². The molecule has 1 amide bonds. The first kappa shape index (κ1) is 23.3. The highest BCUT2D eigenvalue weighted by Gasteiger charge is 2.45. The Balaban J connectivity index is 1.43. The molecule has 3 heterocycles. The SMILES string of the molecule is N#Cc1ccc(C(=O)NS(=O)(=O)OC[C@H]2O[C@@H](n3cnc4c(N)ncnc43)[C@H](O)[C@@H]2O)c(O)c1. The monoisotopic (exact) mass is 491 g/mol. The van der Waals surface area contributed by atoms with Crippen molar-refractivity contribution in [2.24, 2.45) is 0 Å². The number of rotatable bonds is 6. The Morgan fingerprint density at radius 3 is 2.76 bits per heavy atom. The number of benzene rings is 1. The van der Waals surface area contributed by atoms with Gasteiger partial charge in [0.15, 0.2) is 17.7 Å². The van der Waals surface area contributed by atoms with Gasteiger partial charge in [-0.2, -0.15) is 13.7 Å². The topological polar surface area (TPSA) is 236 Å². The van der Waals surface area contributed by atoms with E-state index in [9.17, 15) is 28.5 Å². The van der Waals surface area contributed by atoms with E-state index >= 15 is 0 Å². The number of fused-ring (bicyclic) bond motifs is 1. The molecule has 4 rings (SSSR count).